The van der Waals surface area contributed by atoms with E-state index in [0.29, 0.717) is 43.2 Å². The van der Waals surface area contributed by atoms with Crippen molar-refractivity contribution in [3.05, 3.63) is 23.8 Å². The number of hydrogen-bond acceptors (Lipinski definition) is 28. The second kappa shape index (κ2) is 32.2. The summed E-state index contributed by atoms with van der Waals surface area (Å²) >= 11 is 1.20. The van der Waals surface area contributed by atoms with Gasteiger partial charge < -0.3 is 115 Å². The molecule has 15 N–H and O–H groups in total. The molecule has 6 rings (SSSR count). The molecule has 76 heavy (non-hydrogen) atoms. The highest BCUT2D eigenvalue weighted by Gasteiger charge is 2.51. The Morgan fingerprint density at radius 3 is 1.37 bits per heavy atom. The first-order valence-electron chi connectivity index (χ1n) is 26.1. The van der Waals surface area contributed by atoms with Crippen molar-refractivity contribution in [3.63, 3.8) is 0 Å². The zero-order valence-corrected chi connectivity index (χ0v) is 43.2. The number of hydrogen-bond donors (Lipinski definition) is 14. The van der Waals surface area contributed by atoms with Gasteiger partial charge in [0.1, 0.15) is 114 Å². The van der Waals surface area contributed by atoms with Crippen molar-refractivity contribution in [2.75, 3.05) is 51.9 Å². The largest absolute Gasteiger partial charge is 0.394 e. The van der Waals surface area contributed by atoms with E-state index in [2.05, 4.69) is 20.6 Å². The standard InChI is InChI=1S/C46H81N7O22S/c47-11-16-76-46-41(66)37(62)42(28(74-46)20-53-18-26(49-51-53)24-68-13-8-4-2-6-10-15-70-44-39(64)36(61)33(58)30(22-55)73-44)75-45-40(65)34(59)31(56)27(71-45)19-52-17-25(48-50-52)23-67-12-7-3-1-5-9-14-69-43-38(63)35(60)32(57)29(21-54)72-43/h17-18,27-46,54-66H,1-16,19-24,47H2/t27-,28-,29-,30-,31-,32-,33-,34+,35+,36+,37-,38+,39+,40-,41-,42-,43+,44+,45-,46+/m1/s1. The summed E-state index contributed by atoms with van der Waals surface area (Å²) in [5, 5.41) is 151. The maximum Gasteiger partial charge on any atom is 0.187 e. The van der Waals surface area contributed by atoms with Crippen LogP contribution in [-0.4, -0.2) is 270 Å². The summed E-state index contributed by atoms with van der Waals surface area (Å²) in [4.78, 5) is 0. The molecule has 4 aliphatic heterocycles. The van der Waals surface area contributed by atoms with E-state index in [-0.39, 0.29) is 46.1 Å². The van der Waals surface area contributed by atoms with E-state index < -0.39 is 135 Å². The van der Waals surface area contributed by atoms with E-state index in [4.69, 9.17) is 48.4 Å². The van der Waals surface area contributed by atoms with Gasteiger partial charge in [-0.05, 0) is 25.7 Å². The third kappa shape index (κ3) is 17.9. The van der Waals surface area contributed by atoms with Crippen molar-refractivity contribution in [3.8, 4) is 0 Å². The van der Waals surface area contributed by atoms with Gasteiger partial charge in [-0.15, -0.1) is 22.0 Å². The molecule has 0 bridgehead atoms. The van der Waals surface area contributed by atoms with Crippen LogP contribution in [0.2, 0.25) is 0 Å². The Labute approximate surface area is 443 Å². The third-order valence-corrected chi connectivity index (χ3v) is 14.7. The second-order valence-electron chi connectivity index (χ2n) is 19.4. The third-order valence-electron chi connectivity index (χ3n) is 13.5. The molecular weight excluding hydrogens is 1030 g/mol. The van der Waals surface area contributed by atoms with Crippen molar-refractivity contribution >= 4 is 11.8 Å². The maximum atomic E-state index is 11.5. The van der Waals surface area contributed by atoms with Gasteiger partial charge in [-0.3, -0.25) is 0 Å². The summed E-state index contributed by atoms with van der Waals surface area (Å²) in [7, 11) is 0. The molecular formula is C46H81N7O22S. The number of thioether (sulfide) groups is 1. The fourth-order valence-corrected chi connectivity index (χ4v) is 10.0. The van der Waals surface area contributed by atoms with Gasteiger partial charge in [0.25, 0.3) is 0 Å². The Bertz CT molecular complexity index is 1900. The predicted molar refractivity (Wildman–Crippen MR) is 259 cm³/mol. The molecule has 4 fully saturated rings. The molecule has 0 amide bonds. The lowest BCUT2D eigenvalue weighted by Crippen LogP contribution is -2.64. The lowest BCUT2D eigenvalue weighted by molar-refractivity contribution is -0.336. The van der Waals surface area contributed by atoms with E-state index in [1.165, 1.54) is 21.1 Å². The summed E-state index contributed by atoms with van der Waals surface area (Å²) in [5.41, 5.74) is 5.80. The average Bonchev–Trinajstić information content (AvgIpc) is 4.08. The molecule has 0 aromatic carbocycles. The molecule has 0 saturated carbocycles. The van der Waals surface area contributed by atoms with E-state index in [9.17, 15) is 66.4 Å². The normalized spacial score (nSPS) is 36.2. The van der Waals surface area contributed by atoms with Gasteiger partial charge in [-0.2, -0.15) is 0 Å². The van der Waals surface area contributed by atoms with E-state index >= 15 is 0 Å². The minimum absolute atomic E-state index is 0.0327. The first kappa shape index (κ1) is 62.9. The first-order chi connectivity index (χ1) is 36.6. The maximum absolute atomic E-state index is 11.5. The van der Waals surface area contributed by atoms with Crippen molar-refractivity contribution < 1.29 is 109 Å². The van der Waals surface area contributed by atoms with Gasteiger partial charge in [0.15, 0.2) is 18.9 Å². The molecule has 438 valence electrons. The molecule has 0 aliphatic carbocycles. The zero-order chi connectivity index (χ0) is 54.7. The van der Waals surface area contributed by atoms with Crippen LogP contribution in [0.1, 0.15) is 75.6 Å². The first-order valence-corrected chi connectivity index (χ1v) is 27.2. The van der Waals surface area contributed by atoms with Crippen molar-refractivity contribution in [2.24, 2.45) is 5.73 Å². The topological polar surface area (TPSA) is 434 Å². The highest BCUT2D eigenvalue weighted by atomic mass is 32.2. The number of aliphatic hydroxyl groups excluding tert-OH is 13. The molecule has 29 nitrogen and oxygen atoms in total. The SMILES string of the molecule is NCCS[C@@H]1O[C@H](Cn2cc(COCCCCCCCO[C@H]3O[C@H](CO)[C@@H](O)[C@H](O)[C@@H]3O)nn2)[C@@H](O[C@H]2O[C@H](Cn3cc(COCCCCCCCO[C@H]4O[C@H](CO)[C@@H](O)[C@H](O)[C@@H]4O)nn3)[C@@H](O)[C@H](O)[C@H]2O)[C@H](O)[C@H]1O. The van der Waals surface area contributed by atoms with Gasteiger partial charge in [0, 0.05) is 38.7 Å². The van der Waals surface area contributed by atoms with Crippen LogP contribution in [0.5, 0.6) is 0 Å². The number of ether oxygens (including phenoxy) is 9. The highest BCUT2D eigenvalue weighted by Crippen LogP contribution is 2.34. The van der Waals surface area contributed by atoms with E-state index in [0.717, 1.165) is 51.4 Å². The van der Waals surface area contributed by atoms with E-state index in [1.807, 2.05) is 0 Å². The Hall–Kier alpha value is -2.29. The summed E-state index contributed by atoms with van der Waals surface area (Å²) < 4.78 is 54.6. The Morgan fingerprint density at radius 2 is 0.895 bits per heavy atom. The Morgan fingerprint density at radius 1 is 0.474 bits per heavy atom. The predicted octanol–water partition coefficient (Wildman–Crippen LogP) is -5.53. The minimum atomic E-state index is -1.78. The highest BCUT2D eigenvalue weighted by molar-refractivity contribution is 7.99. The Balaban J connectivity index is 0.897. The number of nitrogens with two attached hydrogens (primary N) is 1. The molecule has 0 unspecified atom stereocenters. The molecule has 6 heterocycles. The number of rotatable bonds is 33. The molecule has 20 atom stereocenters. The minimum Gasteiger partial charge on any atom is -0.394 e. The molecule has 0 spiro atoms. The summed E-state index contributed by atoms with van der Waals surface area (Å²) in [6.07, 6.45) is -15.2. The quantitative estimate of drug-likeness (QED) is 0.0296. The van der Waals surface area contributed by atoms with Crippen LogP contribution in [0.4, 0.5) is 0 Å². The molecule has 4 saturated heterocycles. The van der Waals surface area contributed by atoms with Gasteiger partial charge in [-0.25, -0.2) is 9.36 Å². The smallest absolute Gasteiger partial charge is 0.187 e. The molecule has 0 radical (unpaired) electrons. The lowest BCUT2D eigenvalue weighted by Gasteiger charge is -2.46. The monoisotopic (exact) mass is 1120 g/mol. The van der Waals surface area contributed by atoms with Crippen LogP contribution >= 0.6 is 11.8 Å². The zero-order valence-electron chi connectivity index (χ0n) is 42.4. The number of aliphatic hydroxyl groups is 13. The molecule has 2 aromatic rings. The second-order valence-corrected chi connectivity index (χ2v) is 20.6. The Kier molecular flexibility index (Phi) is 26.7. The van der Waals surface area contributed by atoms with Crippen molar-refractivity contribution in [1.29, 1.82) is 0 Å². The van der Waals surface area contributed by atoms with Gasteiger partial charge in [-0.1, -0.05) is 49.0 Å². The fraction of sp³-hybridized carbons (Fsp3) is 0.913. The van der Waals surface area contributed by atoms with Gasteiger partial charge in [0.05, 0.1) is 51.9 Å². The molecule has 2 aromatic heterocycles. The number of unbranched alkanes of at least 4 members (excludes halogenated alkanes) is 8. The van der Waals surface area contributed by atoms with Crippen LogP contribution in [0, 0.1) is 0 Å². The van der Waals surface area contributed by atoms with Crippen molar-refractivity contribution in [1.82, 2.24) is 30.0 Å². The average molecular weight is 1120 g/mol. The molecule has 30 heteroatoms. The number of aromatic nitrogens is 6. The summed E-state index contributed by atoms with van der Waals surface area (Å²) in [6.45, 7) is 0.763. The van der Waals surface area contributed by atoms with Gasteiger partial charge >= 0.3 is 0 Å². The van der Waals surface area contributed by atoms with Crippen LogP contribution in [-0.2, 0) is 68.9 Å². The van der Waals surface area contributed by atoms with Crippen LogP contribution in [0.15, 0.2) is 12.4 Å². The van der Waals surface area contributed by atoms with Gasteiger partial charge in [0.2, 0.25) is 0 Å². The summed E-state index contributed by atoms with van der Waals surface area (Å²) in [6, 6.07) is 0. The summed E-state index contributed by atoms with van der Waals surface area (Å²) in [5.74, 6) is 0.406. The van der Waals surface area contributed by atoms with Crippen molar-refractivity contribution in [2.45, 2.75) is 212 Å². The number of nitrogens with zero attached hydrogens (tertiary/aromatic N) is 6. The van der Waals surface area contributed by atoms with Crippen LogP contribution < -0.4 is 5.73 Å². The van der Waals surface area contributed by atoms with E-state index in [1.54, 1.807) is 12.4 Å². The van der Waals surface area contributed by atoms with Crippen LogP contribution in [0.25, 0.3) is 0 Å². The fourth-order valence-electron chi connectivity index (χ4n) is 9.07. The molecule has 4 aliphatic rings. The van der Waals surface area contributed by atoms with Crippen LogP contribution in [0.3, 0.4) is 0 Å². The lowest BCUT2D eigenvalue weighted by atomic mass is 9.97.